The Morgan fingerprint density at radius 3 is 2.27 bits per heavy atom. The molecule has 0 saturated carbocycles. The minimum atomic E-state index is -2.50. The standard InChI is InChI=1S/C17H19NO.2ClH.Ti/c1-17(2,3)15-11-7-8-13(16(15)19)12-18-14-9-5-4-6-10-14;;;/h4-12,19H,1-3H3;2*1H;/q;;;+3/p-3. The van der Waals surface area contributed by atoms with Crippen molar-refractivity contribution in [2.45, 2.75) is 26.2 Å². The Morgan fingerprint density at radius 1 is 1.00 bits per heavy atom. The SMILES string of the molecule is CC(C)(C)c1cccc(C=Nc2ccccc2)c1[O][Ti]([Cl])[Cl]. The second-order valence-corrected chi connectivity index (χ2v) is 10.5. The van der Waals surface area contributed by atoms with E-state index >= 15 is 0 Å². The molecule has 2 aromatic rings. The number of para-hydroxylation sites is 2. The van der Waals surface area contributed by atoms with Crippen LogP contribution in [0.25, 0.3) is 0 Å². The topological polar surface area (TPSA) is 21.6 Å². The molecular weight excluding hydrogens is 353 g/mol. The average molecular weight is 371 g/mol. The van der Waals surface area contributed by atoms with Gasteiger partial charge in [0.1, 0.15) is 0 Å². The number of nitrogens with zero attached hydrogens (tertiary/aromatic N) is 1. The van der Waals surface area contributed by atoms with Crippen LogP contribution in [0.4, 0.5) is 5.69 Å². The van der Waals surface area contributed by atoms with E-state index in [1.54, 1.807) is 6.21 Å². The quantitative estimate of drug-likeness (QED) is 0.481. The van der Waals surface area contributed by atoms with Crippen LogP contribution in [-0.2, 0) is 21.6 Å². The van der Waals surface area contributed by atoms with Crippen LogP contribution in [0.1, 0.15) is 31.9 Å². The molecule has 0 aliphatic rings. The molecule has 0 unspecified atom stereocenters. The summed E-state index contributed by atoms with van der Waals surface area (Å²) in [5, 5.41) is 0. The maximum atomic E-state index is 5.99. The summed E-state index contributed by atoms with van der Waals surface area (Å²) in [6, 6.07) is 15.8. The molecule has 5 heteroatoms. The molecule has 2 rings (SSSR count). The molecule has 0 heterocycles. The van der Waals surface area contributed by atoms with Gasteiger partial charge in [0.2, 0.25) is 0 Å². The van der Waals surface area contributed by atoms with Crippen molar-refractivity contribution in [2.24, 2.45) is 4.99 Å². The predicted molar refractivity (Wildman–Crippen MR) is 91.2 cm³/mol. The molecule has 0 atom stereocenters. The van der Waals surface area contributed by atoms with E-state index in [0.29, 0.717) is 0 Å². The molecule has 0 aliphatic carbocycles. The Labute approximate surface area is 146 Å². The van der Waals surface area contributed by atoms with Crippen molar-refractivity contribution in [1.29, 1.82) is 0 Å². The summed E-state index contributed by atoms with van der Waals surface area (Å²) >= 11 is -2.50. The van der Waals surface area contributed by atoms with Gasteiger partial charge in [0.05, 0.1) is 0 Å². The summed E-state index contributed by atoms with van der Waals surface area (Å²) in [5.41, 5.74) is 2.80. The molecule has 0 radical (unpaired) electrons. The third-order valence-corrected chi connectivity index (χ3v) is 4.34. The summed E-state index contributed by atoms with van der Waals surface area (Å²) in [6.07, 6.45) is 1.80. The van der Waals surface area contributed by atoms with Gasteiger partial charge in [-0.2, -0.15) is 0 Å². The Bertz CT molecular complexity index is 651. The van der Waals surface area contributed by atoms with Gasteiger partial charge >= 0.3 is 147 Å². The first kappa shape index (κ1) is 17.6. The second kappa shape index (κ2) is 7.65. The van der Waals surface area contributed by atoms with Gasteiger partial charge < -0.3 is 0 Å². The molecular formula is C17H18Cl2NOTi. The number of aliphatic imine (C=N–C) groups is 1. The van der Waals surface area contributed by atoms with Gasteiger partial charge in [-0.15, -0.1) is 0 Å². The monoisotopic (exact) mass is 370 g/mol. The van der Waals surface area contributed by atoms with Gasteiger partial charge in [-0.1, -0.05) is 0 Å². The van der Waals surface area contributed by atoms with E-state index in [0.717, 1.165) is 22.6 Å². The minimum absolute atomic E-state index is 0.0620. The summed E-state index contributed by atoms with van der Waals surface area (Å²) < 4.78 is 5.80. The molecule has 0 amide bonds. The number of hydrogen-bond acceptors (Lipinski definition) is 2. The number of halogens is 2. The van der Waals surface area contributed by atoms with Crippen LogP contribution in [0.3, 0.4) is 0 Å². The van der Waals surface area contributed by atoms with Crippen LogP contribution in [0.15, 0.2) is 53.5 Å². The summed E-state index contributed by atoms with van der Waals surface area (Å²) in [6.45, 7) is 6.40. The van der Waals surface area contributed by atoms with E-state index in [1.807, 2.05) is 48.5 Å². The van der Waals surface area contributed by atoms with Gasteiger partial charge in [-0.25, -0.2) is 0 Å². The van der Waals surface area contributed by atoms with Gasteiger partial charge in [0.25, 0.3) is 0 Å². The fourth-order valence-corrected chi connectivity index (χ4v) is 3.33. The average Bonchev–Trinajstić information content (AvgIpc) is 2.45. The Balaban J connectivity index is 2.44. The molecule has 0 fully saturated rings. The summed E-state index contributed by atoms with van der Waals surface area (Å²) in [7, 11) is 12.0. The van der Waals surface area contributed by atoms with E-state index in [1.165, 1.54) is 0 Å². The Kier molecular flexibility index (Phi) is 6.11. The van der Waals surface area contributed by atoms with Crippen molar-refractivity contribution < 1.29 is 19.5 Å². The van der Waals surface area contributed by atoms with Crippen molar-refractivity contribution in [3.63, 3.8) is 0 Å². The van der Waals surface area contributed by atoms with Crippen LogP contribution in [-0.4, -0.2) is 6.21 Å². The first-order chi connectivity index (χ1) is 10.4. The molecule has 22 heavy (non-hydrogen) atoms. The van der Waals surface area contributed by atoms with Crippen molar-refractivity contribution in [1.82, 2.24) is 0 Å². The fourth-order valence-electron chi connectivity index (χ4n) is 2.10. The van der Waals surface area contributed by atoms with E-state index in [4.69, 9.17) is 21.9 Å². The van der Waals surface area contributed by atoms with E-state index in [2.05, 4.69) is 25.8 Å². The van der Waals surface area contributed by atoms with Crippen LogP contribution in [0.2, 0.25) is 0 Å². The van der Waals surface area contributed by atoms with Gasteiger partial charge in [0.15, 0.2) is 0 Å². The molecule has 0 spiro atoms. The van der Waals surface area contributed by atoms with Crippen LogP contribution in [0, 0.1) is 0 Å². The van der Waals surface area contributed by atoms with Crippen molar-refractivity contribution in [3.8, 4) is 5.75 Å². The fraction of sp³-hybridized carbons (Fsp3) is 0.235. The molecule has 2 nitrogen and oxygen atoms in total. The molecule has 0 saturated heterocycles. The zero-order valence-corrected chi connectivity index (χ0v) is 15.9. The van der Waals surface area contributed by atoms with Gasteiger partial charge in [-0.3, -0.25) is 0 Å². The van der Waals surface area contributed by atoms with E-state index in [-0.39, 0.29) is 5.41 Å². The molecule has 0 aliphatic heterocycles. The first-order valence-corrected chi connectivity index (χ1v) is 11.9. The van der Waals surface area contributed by atoms with Gasteiger partial charge in [0, 0.05) is 0 Å². The molecule has 115 valence electrons. The zero-order chi connectivity index (χ0) is 16.2. The number of hydrogen-bond donors (Lipinski definition) is 0. The van der Waals surface area contributed by atoms with Crippen molar-refractivity contribution >= 4 is 30.5 Å². The van der Waals surface area contributed by atoms with Crippen LogP contribution >= 0.6 is 18.6 Å². The number of rotatable bonds is 4. The molecule has 0 aromatic heterocycles. The first-order valence-electron chi connectivity index (χ1n) is 6.96. The predicted octanol–water partition coefficient (Wildman–Crippen LogP) is 5.95. The van der Waals surface area contributed by atoms with Gasteiger partial charge in [-0.05, 0) is 0 Å². The Morgan fingerprint density at radius 2 is 1.68 bits per heavy atom. The molecule has 0 N–H and O–H groups in total. The molecule has 0 bridgehead atoms. The second-order valence-electron chi connectivity index (χ2n) is 5.90. The molecule has 2 aromatic carbocycles. The Hall–Kier alpha value is -0.796. The third-order valence-electron chi connectivity index (χ3n) is 3.14. The van der Waals surface area contributed by atoms with E-state index < -0.39 is 16.1 Å². The van der Waals surface area contributed by atoms with Crippen molar-refractivity contribution in [2.75, 3.05) is 0 Å². The zero-order valence-electron chi connectivity index (χ0n) is 12.8. The summed E-state index contributed by atoms with van der Waals surface area (Å²) in [5.74, 6) is 0.745. The third kappa shape index (κ3) is 4.86. The van der Waals surface area contributed by atoms with Crippen LogP contribution < -0.4 is 3.32 Å². The number of benzene rings is 2. The van der Waals surface area contributed by atoms with Crippen molar-refractivity contribution in [3.05, 3.63) is 59.7 Å². The normalized spacial score (nSPS) is 11.7. The van der Waals surface area contributed by atoms with E-state index in [9.17, 15) is 0 Å². The van der Waals surface area contributed by atoms with Crippen LogP contribution in [0.5, 0.6) is 5.75 Å². The summed E-state index contributed by atoms with van der Waals surface area (Å²) in [4.78, 5) is 4.49. The maximum absolute atomic E-state index is 5.99.